The highest BCUT2D eigenvalue weighted by Gasteiger charge is 2.25. The summed E-state index contributed by atoms with van der Waals surface area (Å²) in [4.78, 5) is 0.860. The van der Waals surface area contributed by atoms with Gasteiger partial charge in [0.15, 0.2) is 0 Å². The van der Waals surface area contributed by atoms with Crippen molar-refractivity contribution in [3.8, 4) is 5.75 Å². The summed E-state index contributed by atoms with van der Waals surface area (Å²) >= 11 is 1.59. The topological polar surface area (TPSA) is 57.6 Å². The Hall–Kier alpha value is -0.720. The van der Waals surface area contributed by atoms with Crippen LogP contribution in [0.15, 0.2) is 29.2 Å². The van der Waals surface area contributed by atoms with E-state index < -0.39 is 10.0 Å². The Kier molecular flexibility index (Phi) is 4.76. The Morgan fingerprint density at radius 2 is 2.16 bits per heavy atom. The van der Waals surface area contributed by atoms with Gasteiger partial charge in [-0.25, -0.2) is 12.7 Å². The first-order valence-corrected chi connectivity index (χ1v) is 9.16. The van der Waals surface area contributed by atoms with Crippen LogP contribution in [-0.2, 0) is 10.0 Å². The zero-order valence-corrected chi connectivity index (χ0v) is 12.6. The van der Waals surface area contributed by atoms with Gasteiger partial charge in [-0.1, -0.05) is 12.1 Å². The first-order valence-electron chi connectivity index (χ1n) is 6.33. The van der Waals surface area contributed by atoms with Gasteiger partial charge in [-0.05, 0) is 30.9 Å². The monoisotopic (exact) mass is 301 g/mol. The first kappa shape index (κ1) is 14.7. The lowest BCUT2D eigenvalue weighted by Gasteiger charge is -2.30. The number of nitrogens with zero attached hydrogens (tertiary/aromatic N) is 1. The van der Waals surface area contributed by atoms with Gasteiger partial charge < -0.3 is 5.11 Å². The van der Waals surface area contributed by atoms with E-state index in [1.54, 1.807) is 28.2 Å². The Morgan fingerprint density at radius 1 is 1.42 bits per heavy atom. The number of phenolic OH excluding ortho intramolecular Hbond substituents is 1. The van der Waals surface area contributed by atoms with E-state index in [9.17, 15) is 13.5 Å². The van der Waals surface area contributed by atoms with Crippen molar-refractivity contribution in [2.75, 3.05) is 25.1 Å². The van der Waals surface area contributed by atoms with Crippen molar-refractivity contribution in [2.45, 2.75) is 17.7 Å². The number of benzene rings is 1. The number of aromatic hydroxyl groups is 1. The summed E-state index contributed by atoms with van der Waals surface area (Å²) in [5.41, 5.74) is 0. The van der Waals surface area contributed by atoms with Crippen LogP contribution in [0.4, 0.5) is 0 Å². The third-order valence-corrected chi connectivity index (χ3v) is 5.85. The third kappa shape index (κ3) is 4.12. The Labute approximate surface area is 118 Å². The van der Waals surface area contributed by atoms with Crippen LogP contribution in [0.25, 0.3) is 0 Å². The second kappa shape index (κ2) is 6.15. The molecule has 1 heterocycles. The normalized spacial score (nSPS) is 21.4. The van der Waals surface area contributed by atoms with E-state index in [0.29, 0.717) is 24.8 Å². The summed E-state index contributed by atoms with van der Waals surface area (Å²) in [5.74, 6) is 1.49. The van der Waals surface area contributed by atoms with E-state index >= 15 is 0 Å². The van der Waals surface area contributed by atoms with Crippen molar-refractivity contribution in [2.24, 2.45) is 5.92 Å². The summed E-state index contributed by atoms with van der Waals surface area (Å²) in [6, 6.07) is 7.25. The van der Waals surface area contributed by atoms with Gasteiger partial charge in [-0.2, -0.15) is 0 Å². The highest BCUT2D eigenvalue weighted by atomic mass is 32.2. The maximum atomic E-state index is 11.5. The van der Waals surface area contributed by atoms with E-state index in [0.717, 1.165) is 23.5 Å². The Bertz CT molecular complexity index is 530. The molecule has 1 aliphatic heterocycles. The molecule has 1 aliphatic rings. The summed E-state index contributed by atoms with van der Waals surface area (Å²) in [5, 5.41) is 9.69. The highest BCUT2D eigenvalue weighted by molar-refractivity contribution is 7.99. The molecule has 4 nitrogen and oxygen atoms in total. The second-order valence-corrected chi connectivity index (χ2v) is 7.95. The van der Waals surface area contributed by atoms with Crippen molar-refractivity contribution in [3.63, 3.8) is 0 Å². The van der Waals surface area contributed by atoms with Crippen molar-refractivity contribution in [3.05, 3.63) is 24.3 Å². The molecule has 1 aromatic carbocycles. The molecule has 1 N–H and O–H groups in total. The molecule has 0 radical (unpaired) electrons. The average molecular weight is 301 g/mol. The molecule has 6 heteroatoms. The van der Waals surface area contributed by atoms with Gasteiger partial charge in [0.2, 0.25) is 10.0 Å². The van der Waals surface area contributed by atoms with Gasteiger partial charge in [0.1, 0.15) is 5.75 Å². The molecule has 1 atom stereocenters. The van der Waals surface area contributed by atoms with Gasteiger partial charge in [0.05, 0.1) is 6.26 Å². The van der Waals surface area contributed by atoms with Gasteiger partial charge in [0, 0.05) is 23.7 Å². The number of hydrogen-bond acceptors (Lipinski definition) is 4. The molecule has 1 unspecified atom stereocenters. The van der Waals surface area contributed by atoms with Crippen LogP contribution < -0.4 is 0 Å². The van der Waals surface area contributed by atoms with Gasteiger partial charge >= 0.3 is 0 Å². The molecule has 1 aromatic rings. The number of thioether (sulfide) groups is 1. The molecule has 0 spiro atoms. The lowest BCUT2D eigenvalue weighted by Crippen LogP contribution is -2.39. The number of hydrogen-bond donors (Lipinski definition) is 1. The molecule has 1 saturated heterocycles. The van der Waals surface area contributed by atoms with E-state index in [2.05, 4.69) is 0 Å². The quantitative estimate of drug-likeness (QED) is 0.866. The second-order valence-electron chi connectivity index (χ2n) is 4.91. The van der Waals surface area contributed by atoms with Crippen LogP contribution in [0, 0.1) is 5.92 Å². The maximum Gasteiger partial charge on any atom is 0.211 e. The van der Waals surface area contributed by atoms with E-state index in [1.165, 1.54) is 6.26 Å². The highest BCUT2D eigenvalue weighted by Crippen LogP contribution is 2.31. The fourth-order valence-corrected chi connectivity index (χ4v) is 4.27. The molecule has 106 valence electrons. The summed E-state index contributed by atoms with van der Waals surface area (Å²) in [7, 11) is -3.08. The van der Waals surface area contributed by atoms with Crippen LogP contribution in [-0.4, -0.2) is 42.9 Å². The Morgan fingerprint density at radius 3 is 2.84 bits per heavy atom. The Balaban J connectivity index is 1.92. The molecule has 0 bridgehead atoms. The van der Waals surface area contributed by atoms with E-state index in [1.807, 2.05) is 12.1 Å². The van der Waals surface area contributed by atoms with Gasteiger partial charge in [-0.15, -0.1) is 11.8 Å². The summed E-state index contributed by atoms with van der Waals surface area (Å²) < 4.78 is 24.6. The molecule has 19 heavy (non-hydrogen) atoms. The van der Waals surface area contributed by atoms with Gasteiger partial charge in [-0.3, -0.25) is 0 Å². The smallest absolute Gasteiger partial charge is 0.211 e. The van der Waals surface area contributed by atoms with Crippen molar-refractivity contribution in [1.82, 2.24) is 4.31 Å². The van der Waals surface area contributed by atoms with E-state index in [-0.39, 0.29) is 0 Å². The zero-order chi connectivity index (χ0) is 13.9. The van der Waals surface area contributed by atoms with Crippen molar-refractivity contribution in [1.29, 1.82) is 0 Å². The van der Waals surface area contributed by atoms with Gasteiger partial charge in [0.25, 0.3) is 0 Å². The first-order chi connectivity index (χ1) is 8.97. The number of phenols is 1. The lowest BCUT2D eigenvalue weighted by atomic mass is 10.0. The minimum atomic E-state index is -3.08. The minimum Gasteiger partial charge on any atom is -0.507 e. The standard InChI is InChI=1S/C13H19NO3S2/c1-19(16,17)14-8-4-5-11(9-14)10-18-13-7-3-2-6-12(13)15/h2-3,6-7,11,15H,4-5,8-10H2,1H3. The van der Waals surface area contributed by atoms with Crippen LogP contribution in [0.3, 0.4) is 0 Å². The van der Waals surface area contributed by atoms with Crippen LogP contribution in [0.5, 0.6) is 5.75 Å². The molecular weight excluding hydrogens is 282 g/mol. The average Bonchev–Trinajstić information content (AvgIpc) is 2.37. The number of rotatable bonds is 4. The zero-order valence-electron chi connectivity index (χ0n) is 10.9. The fraction of sp³-hybridized carbons (Fsp3) is 0.538. The molecule has 2 rings (SSSR count). The molecule has 0 aromatic heterocycles. The number of piperidine rings is 1. The molecule has 1 fully saturated rings. The van der Waals surface area contributed by atoms with Crippen LogP contribution >= 0.6 is 11.8 Å². The third-order valence-electron chi connectivity index (χ3n) is 3.29. The minimum absolute atomic E-state index is 0.295. The lowest BCUT2D eigenvalue weighted by molar-refractivity contribution is 0.286. The van der Waals surface area contributed by atoms with Crippen molar-refractivity contribution >= 4 is 21.8 Å². The van der Waals surface area contributed by atoms with Crippen LogP contribution in [0.2, 0.25) is 0 Å². The van der Waals surface area contributed by atoms with E-state index in [4.69, 9.17) is 0 Å². The molecule has 0 saturated carbocycles. The predicted octanol–water partition coefficient (Wildman–Crippen LogP) is 2.16. The molecule has 0 aliphatic carbocycles. The van der Waals surface area contributed by atoms with Crippen molar-refractivity contribution < 1.29 is 13.5 Å². The molecule has 0 amide bonds. The molecular formula is C13H19NO3S2. The fourth-order valence-electron chi connectivity index (χ4n) is 2.25. The maximum absolute atomic E-state index is 11.5. The number of para-hydroxylation sites is 1. The number of sulfonamides is 1. The summed E-state index contributed by atoms with van der Waals surface area (Å²) in [6.07, 6.45) is 3.23. The SMILES string of the molecule is CS(=O)(=O)N1CCCC(CSc2ccccc2O)C1. The summed E-state index contributed by atoms with van der Waals surface area (Å²) in [6.45, 7) is 1.23. The largest absolute Gasteiger partial charge is 0.507 e. The van der Waals surface area contributed by atoms with Crippen LogP contribution in [0.1, 0.15) is 12.8 Å². The predicted molar refractivity (Wildman–Crippen MR) is 78.0 cm³/mol.